The molecule has 1 amide bonds. The molecule has 0 saturated carbocycles. The van der Waals surface area contributed by atoms with E-state index >= 15 is 0 Å². The number of pyridine rings is 2. The standard InChI is InChI=1S/C15H16N4O3S/c20-15(11-2-1-6-16-8-11)19-12-3-4-14(17-9-12)18-13-5-7-23(21,22)10-13/h1-4,6,8-9,13H,5,7,10H2,(H,17,18)(H,19,20). The van der Waals surface area contributed by atoms with Crippen LogP contribution in [-0.4, -0.2) is 41.8 Å². The van der Waals surface area contributed by atoms with Crippen molar-refractivity contribution in [1.29, 1.82) is 0 Å². The molecule has 1 aliphatic rings. The van der Waals surface area contributed by atoms with Crippen molar-refractivity contribution in [3.8, 4) is 0 Å². The maximum Gasteiger partial charge on any atom is 0.257 e. The molecule has 7 nitrogen and oxygen atoms in total. The summed E-state index contributed by atoms with van der Waals surface area (Å²) in [7, 11) is -2.92. The maximum absolute atomic E-state index is 12.0. The molecule has 0 aromatic carbocycles. The third-order valence-corrected chi connectivity index (χ3v) is 5.30. The maximum atomic E-state index is 12.0. The number of carbonyl (C=O) groups excluding carboxylic acids is 1. The average molecular weight is 332 g/mol. The second-order valence-corrected chi connectivity index (χ2v) is 7.60. The van der Waals surface area contributed by atoms with Crippen molar-refractivity contribution >= 4 is 27.2 Å². The van der Waals surface area contributed by atoms with Crippen molar-refractivity contribution in [3.05, 3.63) is 48.4 Å². The number of amides is 1. The third-order valence-electron chi connectivity index (χ3n) is 3.53. The summed E-state index contributed by atoms with van der Waals surface area (Å²) in [6, 6.07) is 6.68. The van der Waals surface area contributed by atoms with Crippen molar-refractivity contribution in [2.75, 3.05) is 22.1 Å². The zero-order valence-corrected chi connectivity index (χ0v) is 13.1. The molecule has 1 atom stereocenters. The summed E-state index contributed by atoms with van der Waals surface area (Å²) in [4.78, 5) is 20.1. The Hall–Kier alpha value is -2.48. The highest BCUT2D eigenvalue weighted by molar-refractivity contribution is 7.91. The van der Waals surface area contributed by atoms with E-state index in [0.29, 0.717) is 23.5 Å². The number of nitrogens with one attached hydrogen (secondary N) is 2. The number of hydrogen-bond donors (Lipinski definition) is 2. The van der Waals surface area contributed by atoms with Crippen LogP contribution in [0, 0.1) is 0 Å². The largest absolute Gasteiger partial charge is 0.366 e. The Morgan fingerprint density at radius 3 is 2.70 bits per heavy atom. The van der Waals surface area contributed by atoms with Crippen LogP contribution in [-0.2, 0) is 9.84 Å². The predicted molar refractivity (Wildman–Crippen MR) is 87.1 cm³/mol. The van der Waals surface area contributed by atoms with Crippen LogP contribution < -0.4 is 10.6 Å². The first-order valence-electron chi connectivity index (χ1n) is 7.16. The van der Waals surface area contributed by atoms with Crippen LogP contribution in [0.15, 0.2) is 42.9 Å². The molecule has 1 unspecified atom stereocenters. The predicted octanol–water partition coefficient (Wildman–Crippen LogP) is 1.33. The zero-order chi connectivity index (χ0) is 16.3. The monoisotopic (exact) mass is 332 g/mol. The highest BCUT2D eigenvalue weighted by Gasteiger charge is 2.27. The molecule has 2 N–H and O–H groups in total. The molecule has 8 heteroatoms. The van der Waals surface area contributed by atoms with Gasteiger partial charge < -0.3 is 10.6 Å². The van der Waals surface area contributed by atoms with Gasteiger partial charge in [0.1, 0.15) is 5.82 Å². The van der Waals surface area contributed by atoms with Gasteiger partial charge in [-0.15, -0.1) is 0 Å². The van der Waals surface area contributed by atoms with Crippen molar-refractivity contribution < 1.29 is 13.2 Å². The van der Waals surface area contributed by atoms with Crippen molar-refractivity contribution in [3.63, 3.8) is 0 Å². The first-order valence-corrected chi connectivity index (χ1v) is 8.98. The third kappa shape index (κ3) is 4.04. The minimum Gasteiger partial charge on any atom is -0.366 e. The molecule has 2 aromatic rings. The molecule has 1 saturated heterocycles. The fraction of sp³-hybridized carbons (Fsp3) is 0.267. The van der Waals surface area contributed by atoms with Gasteiger partial charge in [0.15, 0.2) is 9.84 Å². The molecule has 0 radical (unpaired) electrons. The minimum atomic E-state index is -2.92. The quantitative estimate of drug-likeness (QED) is 0.876. The van der Waals surface area contributed by atoms with E-state index in [0.717, 1.165) is 0 Å². The summed E-state index contributed by atoms with van der Waals surface area (Å²) in [5.41, 5.74) is 1.02. The molecule has 3 heterocycles. The minimum absolute atomic E-state index is 0.108. The number of nitrogens with zero attached hydrogens (tertiary/aromatic N) is 2. The molecular formula is C15H16N4O3S. The summed E-state index contributed by atoms with van der Waals surface area (Å²) >= 11 is 0. The Morgan fingerprint density at radius 1 is 1.22 bits per heavy atom. The molecule has 1 aliphatic heterocycles. The van der Waals surface area contributed by atoms with E-state index in [9.17, 15) is 13.2 Å². The van der Waals surface area contributed by atoms with E-state index in [1.54, 1.807) is 30.5 Å². The van der Waals surface area contributed by atoms with Crippen LogP contribution in [0.25, 0.3) is 0 Å². The number of sulfone groups is 1. The molecule has 0 aliphatic carbocycles. The lowest BCUT2D eigenvalue weighted by molar-refractivity contribution is 0.102. The molecule has 120 valence electrons. The van der Waals surface area contributed by atoms with Crippen LogP contribution in [0.1, 0.15) is 16.8 Å². The van der Waals surface area contributed by atoms with E-state index in [1.165, 1.54) is 12.4 Å². The normalized spacial score (nSPS) is 19.2. The van der Waals surface area contributed by atoms with E-state index in [2.05, 4.69) is 20.6 Å². The summed E-state index contributed by atoms with van der Waals surface area (Å²) < 4.78 is 22.9. The molecule has 1 fully saturated rings. The second kappa shape index (κ2) is 6.33. The second-order valence-electron chi connectivity index (χ2n) is 5.37. The Kier molecular flexibility index (Phi) is 4.24. The number of anilines is 2. The summed E-state index contributed by atoms with van der Waals surface area (Å²) in [5, 5.41) is 5.82. The van der Waals surface area contributed by atoms with Gasteiger partial charge in [-0.25, -0.2) is 13.4 Å². The van der Waals surface area contributed by atoms with E-state index in [4.69, 9.17) is 0 Å². The number of aromatic nitrogens is 2. The van der Waals surface area contributed by atoms with Gasteiger partial charge in [0.2, 0.25) is 0 Å². The van der Waals surface area contributed by atoms with Gasteiger partial charge in [0.25, 0.3) is 5.91 Å². The molecule has 2 aromatic heterocycles. The molecular weight excluding hydrogens is 316 g/mol. The Labute approximate surface area is 134 Å². The van der Waals surface area contributed by atoms with Gasteiger partial charge in [-0.3, -0.25) is 9.78 Å². The van der Waals surface area contributed by atoms with Crippen LogP contribution in [0.2, 0.25) is 0 Å². The smallest absolute Gasteiger partial charge is 0.257 e. The van der Waals surface area contributed by atoms with E-state index in [-0.39, 0.29) is 23.5 Å². The highest BCUT2D eigenvalue weighted by Crippen LogP contribution is 2.17. The van der Waals surface area contributed by atoms with E-state index in [1.807, 2.05) is 0 Å². The van der Waals surface area contributed by atoms with Crippen LogP contribution in [0.5, 0.6) is 0 Å². The number of rotatable bonds is 4. The van der Waals surface area contributed by atoms with Gasteiger partial charge in [-0.05, 0) is 30.7 Å². The highest BCUT2D eigenvalue weighted by atomic mass is 32.2. The van der Waals surface area contributed by atoms with Crippen LogP contribution in [0.3, 0.4) is 0 Å². The summed E-state index contributed by atoms with van der Waals surface area (Å²) in [5.74, 6) is 0.673. The Morgan fingerprint density at radius 2 is 2.09 bits per heavy atom. The van der Waals surface area contributed by atoms with Crippen molar-refractivity contribution in [2.45, 2.75) is 12.5 Å². The first-order chi connectivity index (χ1) is 11.0. The van der Waals surface area contributed by atoms with E-state index < -0.39 is 9.84 Å². The van der Waals surface area contributed by atoms with Gasteiger partial charge in [-0.2, -0.15) is 0 Å². The lowest BCUT2D eigenvalue weighted by Gasteiger charge is -2.12. The average Bonchev–Trinajstić information content (AvgIpc) is 2.89. The topological polar surface area (TPSA) is 101 Å². The number of hydrogen-bond acceptors (Lipinski definition) is 6. The lowest BCUT2D eigenvalue weighted by atomic mass is 10.2. The number of carbonyl (C=O) groups is 1. The van der Waals surface area contributed by atoms with Crippen molar-refractivity contribution in [1.82, 2.24) is 9.97 Å². The Bertz CT molecular complexity index is 791. The van der Waals surface area contributed by atoms with Crippen LogP contribution >= 0.6 is 0 Å². The summed E-state index contributed by atoms with van der Waals surface area (Å²) in [6.45, 7) is 0. The van der Waals surface area contributed by atoms with Crippen LogP contribution in [0.4, 0.5) is 11.5 Å². The molecule has 0 spiro atoms. The van der Waals surface area contributed by atoms with Gasteiger partial charge in [0.05, 0.1) is 29.0 Å². The Balaban J connectivity index is 1.60. The van der Waals surface area contributed by atoms with Gasteiger partial charge in [-0.1, -0.05) is 0 Å². The van der Waals surface area contributed by atoms with Gasteiger partial charge >= 0.3 is 0 Å². The molecule has 0 bridgehead atoms. The van der Waals surface area contributed by atoms with Crippen molar-refractivity contribution in [2.24, 2.45) is 0 Å². The van der Waals surface area contributed by atoms with Gasteiger partial charge in [0, 0.05) is 18.4 Å². The first kappa shape index (κ1) is 15.4. The SMILES string of the molecule is O=C(Nc1ccc(NC2CCS(=O)(=O)C2)nc1)c1cccnc1. The fourth-order valence-corrected chi connectivity index (χ4v) is 4.04. The zero-order valence-electron chi connectivity index (χ0n) is 12.3. The molecule has 23 heavy (non-hydrogen) atoms. The fourth-order valence-electron chi connectivity index (χ4n) is 2.37. The summed E-state index contributed by atoms with van der Waals surface area (Å²) in [6.07, 6.45) is 5.20. The lowest BCUT2D eigenvalue weighted by Crippen LogP contribution is -2.21. The molecule has 3 rings (SSSR count).